The van der Waals surface area contributed by atoms with Crippen molar-refractivity contribution in [3.8, 4) is 11.8 Å². The van der Waals surface area contributed by atoms with E-state index in [-0.39, 0.29) is 12.3 Å². The van der Waals surface area contributed by atoms with E-state index in [9.17, 15) is 15.0 Å². The predicted molar refractivity (Wildman–Crippen MR) is 97.8 cm³/mol. The van der Waals surface area contributed by atoms with Crippen LogP contribution in [0.4, 0.5) is 0 Å². The molecule has 2 fully saturated rings. The van der Waals surface area contributed by atoms with E-state index in [1.165, 1.54) is 18.4 Å². The van der Waals surface area contributed by atoms with Crippen molar-refractivity contribution in [2.24, 2.45) is 17.8 Å². The minimum Gasteiger partial charge on any atom is -0.481 e. The molecule has 0 heterocycles. The Balaban J connectivity index is 1.85. The number of allylic oxidation sites excluding steroid dienone is 2. The topological polar surface area (TPSA) is 77.8 Å². The van der Waals surface area contributed by atoms with Crippen molar-refractivity contribution in [3.05, 3.63) is 11.6 Å². The summed E-state index contributed by atoms with van der Waals surface area (Å²) >= 11 is 0. The predicted octanol–water partition coefficient (Wildman–Crippen LogP) is 3.52. The number of carboxylic acids is 1. The van der Waals surface area contributed by atoms with Gasteiger partial charge in [0, 0.05) is 6.42 Å². The molecule has 2 aliphatic rings. The standard InChI is InChI=1S/C21H32O4/c1-2-3-4-5-8-16(22)10-11-18-19-14-15(7-6-9-21(24)25)17(19)12-13-20(18)23/h7,16-20,22-23H,2-6,8-9,12-14H2,1H3,(H,24,25)/b15-7-/t16?,17-,18-,19+,20-/m0/s1. The maximum Gasteiger partial charge on any atom is 0.303 e. The Kier molecular flexibility index (Phi) is 7.99. The van der Waals surface area contributed by atoms with E-state index in [4.69, 9.17) is 5.11 Å². The molecule has 1 unspecified atom stereocenters. The number of carboxylic acid groups (broad SMARTS) is 1. The number of aliphatic hydroxyl groups is 2. The second-order valence-corrected chi connectivity index (χ2v) is 7.51. The van der Waals surface area contributed by atoms with E-state index in [0.717, 1.165) is 32.1 Å². The van der Waals surface area contributed by atoms with Crippen molar-refractivity contribution < 1.29 is 20.1 Å². The molecule has 3 N–H and O–H groups in total. The molecule has 0 aromatic rings. The van der Waals surface area contributed by atoms with Crippen LogP contribution in [0.15, 0.2) is 11.6 Å². The van der Waals surface area contributed by atoms with Crippen molar-refractivity contribution in [1.29, 1.82) is 0 Å². The van der Waals surface area contributed by atoms with Gasteiger partial charge in [0.1, 0.15) is 6.10 Å². The number of carbonyl (C=O) groups is 1. The molecule has 140 valence electrons. The van der Waals surface area contributed by atoms with Crippen LogP contribution >= 0.6 is 0 Å². The zero-order valence-electron chi connectivity index (χ0n) is 15.3. The summed E-state index contributed by atoms with van der Waals surface area (Å²) in [5, 5.41) is 29.1. The van der Waals surface area contributed by atoms with Crippen LogP contribution in [-0.4, -0.2) is 33.5 Å². The number of aliphatic carboxylic acids is 1. The highest BCUT2D eigenvalue weighted by Gasteiger charge is 2.46. The molecule has 5 atom stereocenters. The van der Waals surface area contributed by atoms with Crippen LogP contribution in [0.3, 0.4) is 0 Å². The van der Waals surface area contributed by atoms with E-state index >= 15 is 0 Å². The summed E-state index contributed by atoms with van der Waals surface area (Å²) < 4.78 is 0. The lowest BCUT2D eigenvalue weighted by Crippen LogP contribution is -2.44. The van der Waals surface area contributed by atoms with Crippen LogP contribution in [0.25, 0.3) is 0 Å². The lowest BCUT2D eigenvalue weighted by atomic mass is 9.57. The van der Waals surface area contributed by atoms with Gasteiger partial charge in [0.05, 0.1) is 12.0 Å². The zero-order chi connectivity index (χ0) is 18.2. The van der Waals surface area contributed by atoms with Crippen molar-refractivity contribution in [2.45, 2.75) is 83.3 Å². The highest BCUT2D eigenvalue weighted by Crippen LogP contribution is 2.51. The van der Waals surface area contributed by atoms with Gasteiger partial charge in [0.15, 0.2) is 0 Å². The monoisotopic (exact) mass is 348 g/mol. The normalized spacial score (nSPS) is 30.8. The maximum absolute atomic E-state index is 10.6. The molecule has 0 saturated heterocycles. The summed E-state index contributed by atoms with van der Waals surface area (Å²) in [6, 6.07) is 0. The van der Waals surface area contributed by atoms with Crippen molar-refractivity contribution in [3.63, 3.8) is 0 Å². The summed E-state index contributed by atoms with van der Waals surface area (Å²) in [7, 11) is 0. The van der Waals surface area contributed by atoms with Gasteiger partial charge in [0.25, 0.3) is 0 Å². The second kappa shape index (κ2) is 9.99. The maximum atomic E-state index is 10.6. The lowest BCUT2D eigenvalue weighted by Gasteiger charge is -2.48. The quantitative estimate of drug-likeness (QED) is 0.356. The Morgan fingerprint density at radius 2 is 2.12 bits per heavy atom. The average molecular weight is 348 g/mol. The Hall–Kier alpha value is -1.31. The fourth-order valence-corrected chi connectivity index (χ4v) is 4.12. The second-order valence-electron chi connectivity index (χ2n) is 7.51. The highest BCUT2D eigenvalue weighted by molar-refractivity contribution is 5.66. The van der Waals surface area contributed by atoms with E-state index in [2.05, 4.69) is 24.8 Å². The van der Waals surface area contributed by atoms with Gasteiger partial charge in [-0.05, 0) is 50.4 Å². The zero-order valence-corrected chi connectivity index (χ0v) is 15.3. The van der Waals surface area contributed by atoms with Crippen molar-refractivity contribution >= 4 is 5.97 Å². The molecule has 0 amide bonds. The first-order valence-corrected chi connectivity index (χ1v) is 9.80. The van der Waals surface area contributed by atoms with Crippen molar-refractivity contribution in [1.82, 2.24) is 0 Å². The molecule has 2 aliphatic carbocycles. The van der Waals surface area contributed by atoms with E-state index in [1.807, 2.05) is 0 Å². The molecular formula is C21H32O4. The van der Waals surface area contributed by atoms with Gasteiger partial charge in [-0.2, -0.15) is 0 Å². The Morgan fingerprint density at radius 1 is 1.32 bits per heavy atom. The number of fused-ring (bicyclic) bond motifs is 1. The summed E-state index contributed by atoms with van der Waals surface area (Å²) in [5.74, 6) is 6.12. The summed E-state index contributed by atoms with van der Waals surface area (Å²) in [6.45, 7) is 2.17. The summed E-state index contributed by atoms with van der Waals surface area (Å²) in [4.78, 5) is 10.6. The summed E-state index contributed by atoms with van der Waals surface area (Å²) in [5.41, 5.74) is 1.34. The number of rotatable bonds is 8. The van der Waals surface area contributed by atoms with Gasteiger partial charge < -0.3 is 15.3 Å². The van der Waals surface area contributed by atoms with E-state index in [1.54, 1.807) is 0 Å². The molecule has 4 heteroatoms. The van der Waals surface area contributed by atoms with Crippen LogP contribution < -0.4 is 0 Å². The van der Waals surface area contributed by atoms with Crippen molar-refractivity contribution in [2.75, 3.05) is 0 Å². The van der Waals surface area contributed by atoms with E-state index in [0.29, 0.717) is 24.7 Å². The first-order chi connectivity index (χ1) is 12.0. The molecule has 0 aliphatic heterocycles. The van der Waals surface area contributed by atoms with Crippen LogP contribution in [-0.2, 0) is 4.79 Å². The minimum atomic E-state index is -0.761. The Morgan fingerprint density at radius 3 is 2.84 bits per heavy atom. The molecule has 0 aromatic heterocycles. The van der Waals surface area contributed by atoms with Gasteiger partial charge in [-0.3, -0.25) is 4.79 Å². The molecule has 2 saturated carbocycles. The average Bonchev–Trinajstić information content (AvgIpc) is 2.55. The van der Waals surface area contributed by atoms with E-state index < -0.39 is 18.2 Å². The largest absolute Gasteiger partial charge is 0.481 e. The van der Waals surface area contributed by atoms with Crippen LogP contribution in [0.1, 0.15) is 71.1 Å². The first kappa shape index (κ1) is 20.0. The molecule has 0 spiro atoms. The van der Waals surface area contributed by atoms with Gasteiger partial charge in [-0.15, -0.1) is 0 Å². The van der Waals surface area contributed by atoms with Crippen LogP contribution in [0.2, 0.25) is 0 Å². The van der Waals surface area contributed by atoms with Crippen LogP contribution in [0, 0.1) is 29.6 Å². The first-order valence-electron chi connectivity index (χ1n) is 9.80. The molecule has 25 heavy (non-hydrogen) atoms. The van der Waals surface area contributed by atoms with Gasteiger partial charge in [0.2, 0.25) is 0 Å². The fraction of sp³-hybridized carbons (Fsp3) is 0.762. The molecule has 0 bridgehead atoms. The SMILES string of the molecule is CCCCCCC(O)C#C[C@H]1[C@@H]2C/C(=C/CCC(=O)O)[C@@H]2CC[C@@H]1O. The number of hydrogen-bond acceptors (Lipinski definition) is 3. The third-order valence-electron chi connectivity index (χ3n) is 5.63. The molecular weight excluding hydrogens is 316 g/mol. The third-order valence-corrected chi connectivity index (χ3v) is 5.63. The summed E-state index contributed by atoms with van der Waals surface area (Å²) in [6.07, 6.45) is 9.68. The molecule has 0 aromatic carbocycles. The lowest BCUT2D eigenvalue weighted by molar-refractivity contribution is -0.136. The Labute approximate surface area is 151 Å². The third kappa shape index (κ3) is 5.87. The Bertz CT molecular complexity index is 528. The van der Waals surface area contributed by atoms with Gasteiger partial charge in [-0.25, -0.2) is 0 Å². The molecule has 4 nitrogen and oxygen atoms in total. The molecule has 0 radical (unpaired) electrons. The number of hydrogen-bond donors (Lipinski definition) is 3. The minimum absolute atomic E-state index is 0.0549. The van der Waals surface area contributed by atoms with Crippen LogP contribution in [0.5, 0.6) is 0 Å². The van der Waals surface area contributed by atoms with Gasteiger partial charge in [-0.1, -0.05) is 49.7 Å². The smallest absolute Gasteiger partial charge is 0.303 e. The fourth-order valence-electron chi connectivity index (χ4n) is 4.12. The number of unbranched alkanes of at least 4 members (excludes halogenated alkanes) is 3. The highest BCUT2D eigenvalue weighted by atomic mass is 16.4. The number of aliphatic hydroxyl groups excluding tert-OH is 2. The molecule has 2 rings (SSSR count). The van der Waals surface area contributed by atoms with Gasteiger partial charge >= 0.3 is 5.97 Å².